The first-order chi connectivity index (χ1) is 14.2. The Bertz CT molecular complexity index is 928. The summed E-state index contributed by atoms with van der Waals surface area (Å²) in [7, 11) is 0. The van der Waals surface area contributed by atoms with E-state index in [1.165, 1.54) is 4.90 Å². The molecule has 0 spiro atoms. The summed E-state index contributed by atoms with van der Waals surface area (Å²) in [6.45, 7) is 18.5. The molecule has 2 N–H and O–H groups in total. The van der Waals surface area contributed by atoms with Gasteiger partial charge in [0.1, 0.15) is 12.4 Å². The van der Waals surface area contributed by atoms with E-state index in [0.29, 0.717) is 12.4 Å². The molecule has 7 heteroatoms. The lowest BCUT2D eigenvalue weighted by molar-refractivity contribution is -0.116. The Hall–Kier alpha value is -2.83. The van der Waals surface area contributed by atoms with Crippen molar-refractivity contribution in [3.05, 3.63) is 41.1 Å². The highest BCUT2D eigenvalue weighted by Gasteiger charge is 2.26. The van der Waals surface area contributed by atoms with E-state index in [9.17, 15) is 9.59 Å². The molecule has 0 fully saturated rings. The number of anilines is 2. The number of aromatic nitrogens is 2. The highest BCUT2D eigenvalue weighted by atomic mass is 16.2. The first-order valence-electron chi connectivity index (χ1n) is 10.8. The van der Waals surface area contributed by atoms with E-state index in [-0.39, 0.29) is 29.4 Å². The minimum Gasteiger partial charge on any atom is -0.315 e. The highest BCUT2D eigenvalue weighted by molar-refractivity contribution is 5.97. The number of para-hydroxylation sites is 1. The van der Waals surface area contributed by atoms with Gasteiger partial charge >= 0.3 is 6.03 Å². The Balaban J connectivity index is 2.17. The molecule has 7 nitrogen and oxygen atoms in total. The average molecular weight is 428 g/mol. The maximum absolute atomic E-state index is 12.8. The van der Waals surface area contributed by atoms with Crippen LogP contribution in [-0.4, -0.2) is 39.7 Å². The lowest BCUT2D eigenvalue weighted by atomic mass is 9.92. The van der Waals surface area contributed by atoms with Crippen molar-refractivity contribution in [1.82, 2.24) is 14.7 Å². The largest absolute Gasteiger partial charge is 0.322 e. The van der Waals surface area contributed by atoms with Crippen LogP contribution in [0.1, 0.15) is 65.3 Å². The third-order valence-corrected chi connectivity index (χ3v) is 5.10. The number of benzene rings is 1. The summed E-state index contributed by atoms with van der Waals surface area (Å²) >= 11 is 0. The molecule has 0 saturated heterocycles. The number of rotatable bonds is 5. The number of aryl methyl sites for hydroxylation is 2. The Morgan fingerprint density at radius 1 is 1.03 bits per heavy atom. The van der Waals surface area contributed by atoms with E-state index in [2.05, 4.69) is 31.4 Å². The van der Waals surface area contributed by atoms with Crippen molar-refractivity contribution in [2.45, 2.75) is 73.3 Å². The van der Waals surface area contributed by atoms with Gasteiger partial charge in [-0.25, -0.2) is 9.48 Å². The van der Waals surface area contributed by atoms with E-state index in [1.807, 2.05) is 70.5 Å². The number of carbonyl (C=O) groups excluding carboxylic acids is 2. The molecule has 0 aliphatic rings. The van der Waals surface area contributed by atoms with Gasteiger partial charge in [-0.15, -0.1) is 0 Å². The fourth-order valence-electron chi connectivity index (χ4n) is 3.23. The predicted octanol–water partition coefficient (Wildman–Crippen LogP) is 5.04. The highest BCUT2D eigenvalue weighted by Crippen LogP contribution is 2.28. The minimum atomic E-state index is -0.297. The van der Waals surface area contributed by atoms with Crippen molar-refractivity contribution in [3.63, 3.8) is 0 Å². The molecule has 3 amide bonds. The molecule has 0 bridgehead atoms. The molecule has 2 rings (SSSR count). The lowest BCUT2D eigenvalue weighted by Gasteiger charge is -2.24. The van der Waals surface area contributed by atoms with Crippen LogP contribution in [0.2, 0.25) is 0 Å². The van der Waals surface area contributed by atoms with Crippen molar-refractivity contribution in [2.24, 2.45) is 0 Å². The third-order valence-electron chi connectivity index (χ3n) is 5.10. The monoisotopic (exact) mass is 427 g/mol. The van der Waals surface area contributed by atoms with Gasteiger partial charge in [0.25, 0.3) is 0 Å². The second-order valence-electron chi connectivity index (χ2n) is 10.0. The molecule has 0 aliphatic heterocycles. The fraction of sp³-hybridized carbons (Fsp3) is 0.542. The summed E-state index contributed by atoms with van der Waals surface area (Å²) in [4.78, 5) is 27.1. The van der Waals surface area contributed by atoms with E-state index in [0.717, 1.165) is 22.5 Å². The molecular weight excluding hydrogens is 390 g/mol. The zero-order chi connectivity index (χ0) is 23.6. The summed E-state index contributed by atoms with van der Waals surface area (Å²) < 4.78 is 1.83. The van der Waals surface area contributed by atoms with Gasteiger partial charge < -0.3 is 15.5 Å². The van der Waals surface area contributed by atoms with Gasteiger partial charge in [0.05, 0.1) is 11.2 Å². The molecule has 0 radical (unpaired) electrons. The first-order valence-corrected chi connectivity index (χ1v) is 10.8. The van der Waals surface area contributed by atoms with E-state index in [1.54, 1.807) is 0 Å². The molecule has 1 aromatic heterocycles. The molecule has 2 aromatic rings. The smallest absolute Gasteiger partial charge is 0.315 e. The zero-order valence-electron chi connectivity index (χ0n) is 20.4. The minimum absolute atomic E-state index is 0.0482. The third kappa shape index (κ3) is 6.09. The van der Waals surface area contributed by atoms with E-state index >= 15 is 0 Å². The number of likely N-dealkylation sites (N-methyl/N-ethyl adjacent to an activating group) is 1. The number of carbonyl (C=O) groups is 2. The van der Waals surface area contributed by atoms with Crippen LogP contribution in [0.25, 0.3) is 0 Å². The quantitative estimate of drug-likeness (QED) is 0.701. The Morgan fingerprint density at radius 2 is 1.61 bits per heavy atom. The maximum Gasteiger partial charge on any atom is 0.322 e. The van der Waals surface area contributed by atoms with Crippen LogP contribution in [0.4, 0.5) is 16.3 Å². The van der Waals surface area contributed by atoms with Crippen molar-refractivity contribution < 1.29 is 9.59 Å². The van der Waals surface area contributed by atoms with Crippen LogP contribution in [0, 0.1) is 13.8 Å². The summed E-state index contributed by atoms with van der Waals surface area (Å²) in [5.74, 6) is 0.373. The van der Waals surface area contributed by atoms with Gasteiger partial charge in [0.2, 0.25) is 5.91 Å². The molecule has 0 atom stereocenters. The predicted molar refractivity (Wildman–Crippen MR) is 127 cm³/mol. The lowest BCUT2D eigenvalue weighted by Crippen LogP contribution is -2.41. The molecule has 170 valence electrons. The van der Waals surface area contributed by atoms with Gasteiger partial charge in [-0.3, -0.25) is 4.79 Å². The number of hydrogen-bond acceptors (Lipinski definition) is 3. The topological polar surface area (TPSA) is 79.3 Å². The van der Waals surface area contributed by atoms with Crippen LogP contribution >= 0.6 is 0 Å². The van der Waals surface area contributed by atoms with Gasteiger partial charge in [-0.2, -0.15) is 5.10 Å². The second kappa shape index (κ2) is 9.12. The maximum atomic E-state index is 12.8. The van der Waals surface area contributed by atoms with Crippen LogP contribution in [-0.2, 0) is 15.7 Å². The van der Waals surface area contributed by atoms with Crippen LogP contribution in [0.5, 0.6) is 0 Å². The SMILES string of the molecule is CCN(CC(=O)Nc1cc(C(C)(C)C)nn1C(C)(C)C)C(=O)Nc1c(C)cccc1C. The summed E-state index contributed by atoms with van der Waals surface area (Å²) in [5, 5.41) is 10.6. The van der Waals surface area contributed by atoms with Crippen LogP contribution in [0.3, 0.4) is 0 Å². The molecule has 31 heavy (non-hydrogen) atoms. The van der Waals surface area contributed by atoms with Crippen LogP contribution in [0.15, 0.2) is 24.3 Å². The van der Waals surface area contributed by atoms with Crippen molar-refractivity contribution in [3.8, 4) is 0 Å². The fourth-order valence-corrected chi connectivity index (χ4v) is 3.23. The summed E-state index contributed by atoms with van der Waals surface area (Å²) in [5.41, 5.74) is 3.22. The Labute approximate surface area is 186 Å². The average Bonchev–Trinajstić information content (AvgIpc) is 3.07. The number of amides is 3. The van der Waals surface area contributed by atoms with Crippen LogP contribution < -0.4 is 10.6 Å². The van der Waals surface area contributed by atoms with E-state index < -0.39 is 0 Å². The van der Waals surface area contributed by atoms with Gasteiger partial charge in [-0.05, 0) is 52.7 Å². The molecule has 0 aliphatic carbocycles. The van der Waals surface area contributed by atoms with Gasteiger partial charge in [-0.1, -0.05) is 39.0 Å². The molecule has 1 heterocycles. The van der Waals surface area contributed by atoms with Gasteiger partial charge in [0.15, 0.2) is 0 Å². The summed E-state index contributed by atoms with van der Waals surface area (Å²) in [6.07, 6.45) is 0. The first kappa shape index (κ1) is 24.4. The Kier molecular flexibility index (Phi) is 7.19. The number of hydrogen-bond donors (Lipinski definition) is 2. The summed E-state index contributed by atoms with van der Waals surface area (Å²) in [6, 6.07) is 7.47. The molecule has 1 aromatic carbocycles. The normalized spacial score (nSPS) is 11.9. The molecule has 0 unspecified atom stereocenters. The Morgan fingerprint density at radius 3 is 2.10 bits per heavy atom. The second-order valence-corrected chi connectivity index (χ2v) is 10.0. The number of nitrogens with one attached hydrogen (secondary N) is 2. The van der Waals surface area contributed by atoms with E-state index in [4.69, 9.17) is 5.10 Å². The van der Waals surface area contributed by atoms with Crippen molar-refractivity contribution >= 4 is 23.4 Å². The molecule has 0 saturated carbocycles. The standard InChI is InChI=1S/C24H37N5O2/c1-10-28(22(31)26-21-16(2)12-11-13-17(21)3)15-20(30)25-19-14-18(23(4,5)6)27-29(19)24(7,8)9/h11-14H,10,15H2,1-9H3,(H,25,30)(H,26,31). The number of urea groups is 1. The molecular formula is C24H37N5O2. The zero-order valence-corrected chi connectivity index (χ0v) is 20.4. The van der Waals surface area contributed by atoms with Crippen molar-refractivity contribution in [1.29, 1.82) is 0 Å². The van der Waals surface area contributed by atoms with Gasteiger partial charge in [0, 0.05) is 23.7 Å². The van der Waals surface area contributed by atoms with Crippen molar-refractivity contribution in [2.75, 3.05) is 23.7 Å². The number of nitrogens with zero attached hydrogens (tertiary/aromatic N) is 3.